The minimum absolute atomic E-state index is 0.112. The molecule has 42 heavy (non-hydrogen) atoms. The molecule has 9 nitrogen and oxygen atoms in total. The van der Waals surface area contributed by atoms with E-state index >= 15 is 0 Å². The van der Waals surface area contributed by atoms with E-state index in [0.717, 1.165) is 0 Å². The monoisotopic (exact) mass is 588 g/mol. The first-order chi connectivity index (χ1) is 20.4. The molecule has 2 heterocycles. The number of rotatable bonds is 8. The Kier molecular flexibility index (Phi) is 9.09. The lowest BCUT2D eigenvalue weighted by molar-refractivity contribution is -0.139. The van der Waals surface area contributed by atoms with Crippen molar-refractivity contribution in [3.63, 3.8) is 0 Å². The van der Waals surface area contributed by atoms with Crippen LogP contribution in [0, 0.1) is 0 Å². The zero-order valence-corrected chi connectivity index (χ0v) is 24.3. The Labute approximate surface area is 250 Å². The van der Waals surface area contributed by atoms with Crippen LogP contribution in [0.5, 0.6) is 11.5 Å². The second kappa shape index (κ2) is 13.1. The van der Waals surface area contributed by atoms with Crippen LogP contribution >= 0.6 is 11.6 Å². The van der Waals surface area contributed by atoms with E-state index in [2.05, 4.69) is 10.2 Å². The van der Waals surface area contributed by atoms with Crippen LogP contribution in [0.3, 0.4) is 0 Å². The number of nitrogens with zero attached hydrogens (tertiary/aromatic N) is 3. The summed E-state index contributed by atoms with van der Waals surface area (Å²) in [5.41, 5.74) is 2.10. The number of ether oxygens (including phenoxy) is 2. The number of piperazine rings is 1. The molecule has 3 aromatic rings. The van der Waals surface area contributed by atoms with E-state index in [0.29, 0.717) is 71.6 Å². The second-order valence-electron chi connectivity index (χ2n) is 10.1. The molecule has 1 saturated heterocycles. The molecule has 2 aliphatic rings. The highest BCUT2D eigenvalue weighted by Crippen LogP contribution is 2.34. The van der Waals surface area contributed by atoms with Crippen molar-refractivity contribution in [3.05, 3.63) is 106 Å². The Morgan fingerprint density at radius 1 is 0.929 bits per heavy atom. The molecule has 5 rings (SSSR count). The van der Waals surface area contributed by atoms with Crippen molar-refractivity contribution in [3.8, 4) is 11.5 Å². The van der Waals surface area contributed by atoms with Gasteiger partial charge in [-0.25, -0.2) is 9.59 Å². The Bertz CT molecular complexity index is 1490. The van der Waals surface area contributed by atoms with Crippen molar-refractivity contribution in [1.82, 2.24) is 20.0 Å². The standard InChI is InChI=1S/C32H33ClN4O5/c1-3-41-31(39)28-27(21-36-16-18-37(19-17-36)30(38)25-14-7-8-15-26(25)33)35(2)32(40)34-29(28)22-10-9-13-24(20-22)42-23-11-5-4-6-12-23/h4-15,20,29H,3,16-19,21H2,1-2H3,(H,34,40)/t29-/m0/s1. The van der Waals surface area contributed by atoms with Gasteiger partial charge in [-0.05, 0) is 48.9 Å². The van der Waals surface area contributed by atoms with E-state index in [9.17, 15) is 14.4 Å². The van der Waals surface area contributed by atoms with Gasteiger partial charge in [0, 0.05) is 45.5 Å². The average Bonchev–Trinajstić information content (AvgIpc) is 3.00. The van der Waals surface area contributed by atoms with Crippen molar-refractivity contribution in [2.75, 3.05) is 46.4 Å². The smallest absolute Gasteiger partial charge is 0.338 e. The summed E-state index contributed by atoms with van der Waals surface area (Å²) in [6, 6.07) is 22.7. The quantitative estimate of drug-likeness (QED) is 0.368. The molecule has 0 radical (unpaired) electrons. The van der Waals surface area contributed by atoms with Crippen LogP contribution in [-0.2, 0) is 9.53 Å². The first-order valence-electron chi connectivity index (χ1n) is 13.9. The maximum atomic E-state index is 13.4. The fourth-order valence-corrected chi connectivity index (χ4v) is 5.37. The Morgan fingerprint density at radius 3 is 2.33 bits per heavy atom. The zero-order valence-electron chi connectivity index (χ0n) is 23.6. The summed E-state index contributed by atoms with van der Waals surface area (Å²) in [6.45, 7) is 4.39. The highest BCUT2D eigenvalue weighted by atomic mass is 35.5. The van der Waals surface area contributed by atoms with Gasteiger partial charge in [0.2, 0.25) is 0 Å². The summed E-state index contributed by atoms with van der Waals surface area (Å²) < 4.78 is 11.5. The van der Waals surface area contributed by atoms with Crippen molar-refractivity contribution >= 4 is 29.5 Å². The minimum Gasteiger partial charge on any atom is -0.463 e. The summed E-state index contributed by atoms with van der Waals surface area (Å²) in [5.74, 6) is 0.650. The largest absolute Gasteiger partial charge is 0.463 e. The molecule has 2 aliphatic heterocycles. The first kappa shape index (κ1) is 29.2. The van der Waals surface area contributed by atoms with Crippen molar-refractivity contribution in [2.45, 2.75) is 13.0 Å². The van der Waals surface area contributed by atoms with Crippen LogP contribution in [-0.4, -0.2) is 79.0 Å². The van der Waals surface area contributed by atoms with Crippen LogP contribution in [0.1, 0.15) is 28.9 Å². The number of hydrogen-bond acceptors (Lipinski definition) is 6. The molecule has 0 aliphatic carbocycles. The lowest BCUT2D eigenvalue weighted by Crippen LogP contribution is -2.53. The number of carbonyl (C=O) groups is 3. The number of nitrogens with one attached hydrogen (secondary N) is 1. The van der Waals surface area contributed by atoms with E-state index in [1.807, 2.05) is 54.6 Å². The van der Waals surface area contributed by atoms with Gasteiger partial charge < -0.3 is 19.7 Å². The predicted octanol–water partition coefficient (Wildman–Crippen LogP) is 5.10. The SMILES string of the molecule is CCOC(=O)C1=C(CN2CCN(C(=O)c3ccccc3Cl)CC2)N(C)C(=O)N[C@H]1c1cccc(Oc2ccccc2)c1. The highest BCUT2D eigenvalue weighted by molar-refractivity contribution is 6.33. The molecule has 0 saturated carbocycles. The summed E-state index contributed by atoms with van der Waals surface area (Å²) in [6.07, 6.45) is 0. The van der Waals surface area contributed by atoms with Crippen LogP contribution in [0.2, 0.25) is 5.02 Å². The second-order valence-corrected chi connectivity index (χ2v) is 10.5. The molecular formula is C32H33ClN4O5. The van der Waals surface area contributed by atoms with Gasteiger partial charge in [0.1, 0.15) is 11.5 Å². The normalized spacial score (nSPS) is 17.6. The van der Waals surface area contributed by atoms with E-state index in [4.69, 9.17) is 21.1 Å². The zero-order chi connectivity index (χ0) is 29.6. The number of hydrogen-bond donors (Lipinski definition) is 1. The summed E-state index contributed by atoms with van der Waals surface area (Å²) in [7, 11) is 1.65. The summed E-state index contributed by atoms with van der Waals surface area (Å²) in [5, 5.41) is 3.39. The average molecular weight is 589 g/mol. The number of carbonyl (C=O) groups excluding carboxylic acids is 3. The fraction of sp³-hybridized carbons (Fsp3) is 0.281. The summed E-state index contributed by atoms with van der Waals surface area (Å²) >= 11 is 6.25. The third kappa shape index (κ3) is 6.42. The molecule has 1 atom stereocenters. The van der Waals surface area contributed by atoms with E-state index < -0.39 is 12.0 Å². The Balaban J connectivity index is 1.39. The van der Waals surface area contributed by atoms with Crippen molar-refractivity contribution in [2.24, 2.45) is 0 Å². The van der Waals surface area contributed by atoms with Gasteiger partial charge in [-0.3, -0.25) is 14.6 Å². The van der Waals surface area contributed by atoms with Crippen LogP contribution in [0.25, 0.3) is 0 Å². The number of benzene rings is 3. The first-order valence-corrected chi connectivity index (χ1v) is 14.3. The van der Waals surface area contributed by atoms with E-state index in [1.165, 1.54) is 4.90 Å². The maximum absolute atomic E-state index is 13.4. The van der Waals surface area contributed by atoms with Crippen LogP contribution < -0.4 is 10.1 Å². The fourth-order valence-electron chi connectivity index (χ4n) is 5.16. The van der Waals surface area contributed by atoms with E-state index in [1.54, 1.807) is 43.1 Å². The minimum atomic E-state index is -0.731. The van der Waals surface area contributed by atoms with Gasteiger partial charge in [-0.1, -0.05) is 54.1 Å². The molecular weight excluding hydrogens is 556 g/mol. The highest BCUT2D eigenvalue weighted by Gasteiger charge is 2.38. The Morgan fingerprint density at radius 2 is 1.62 bits per heavy atom. The van der Waals surface area contributed by atoms with Crippen molar-refractivity contribution in [1.29, 1.82) is 0 Å². The molecule has 1 fully saturated rings. The molecule has 0 bridgehead atoms. The van der Waals surface area contributed by atoms with Gasteiger partial charge in [0.05, 0.1) is 28.8 Å². The lowest BCUT2D eigenvalue weighted by atomic mass is 9.94. The molecule has 1 N–H and O–H groups in total. The van der Waals surface area contributed by atoms with Gasteiger partial charge in [0.15, 0.2) is 0 Å². The molecule has 0 aromatic heterocycles. The van der Waals surface area contributed by atoms with Crippen molar-refractivity contribution < 1.29 is 23.9 Å². The topological polar surface area (TPSA) is 91.4 Å². The van der Waals surface area contributed by atoms with Crippen LogP contribution in [0.15, 0.2) is 90.1 Å². The Hall–Kier alpha value is -4.34. The number of likely N-dealkylation sites (N-methyl/N-ethyl adjacent to an activating group) is 1. The summed E-state index contributed by atoms with van der Waals surface area (Å²) in [4.78, 5) is 45.0. The van der Waals surface area contributed by atoms with E-state index in [-0.39, 0.29) is 18.5 Å². The molecule has 0 unspecified atom stereocenters. The van der Waals surface area contributed by atoms with Gasteiger partial charge >= 0.3 is 12.0 Å². The maximum Gasteiger partial charge on any atom is 0.338 e. The van der Waals surface area contributed by atoms with Gasteiger partial charge in [-0.2, -0.15) is 0 Å². The van der Waals surface area contributed by atoms with Gasteiger partial charge in [-0.15, -0.1) is 0 Å². The molecule has 3 amide bonds. The number of para-hydroxylation sites is 1. The third-order valence-corrected chi connectivity index (χ3v) is 7.71. The number of amides is 3. The molecule has 10 heteroatoms. The number of urea groups is 1. The van der Waals surface area contributed by atoms with Crippen LogP contribution in [0.4, 0.5) is 4.79 Å². The molecule has 3 aromatic carbocycles. The third-order valence-electron chi connectivity index (χ3n) is 7.38. The number of esters is 1. The lowest BCUT2D eigenvalue weighted by Gasteiger charge is -2.39. The molecule has 218 valence electrons. The van der Waals surface area contributed by atoms with Gasteiger partial charge in [0.25, 0.3) is 5.91 Å². The predicted molar refractivity (Wildman–Crippen MR) is 159 cm³/mol. The number of halogens is 1. The molecule has 0 spiro atoms.